The van der Waals surface area contributed by atoms with E-state index in [4.69, 9.17) is 0 Å². The molecule has 6 heteroatoms. The van der Waals surface area contributed by atoms with Gasteiger partial charge >= 0.3 is 6.03 Å². The molecule has 0 aromatic heterocycles. The Bertz CT molecular complexity index is 278. The first-order valence-electron chi connectivity index (χ1n) is 7.17. The van der Waals surface area contributed by atoms with Gasteiger partial charge in [0.2, 0.25) is 5.91 Å². The summed E-state index contributed by atoms with van der Waals surface area (Å²) < 4.78 is 0. The molecule has 0 aromatic rings. The average molecular weight is 270 g/mol. The van der Waals surface area contributed by atoms with Gasteiger partial charge < -0.3 is 20.9 Å². The van der Waals surface area contributed by atoms with E-state index in [0.29, 0.717) is 19.6 Å². The predicted octanol–water partition coefficient (Wildman–Crippen LogP) is 0.298. The van der Waals surface area contributed by atoms with E-state index in [-0.39, 0.29) is 11.9 Å². The second-order valence-electron chi connectivity index (χ2n) is 4.92. The van der Waals surface area contributed by atoms with E-state index in [0.717, 1.165) is 19.4 Å². The molecule has 1 saturated heterocycles. The maximum Gasteiger partial charge on any atom is 0.314 e. The fourth-order valence-corrected chi connectivity index (χ4v) is 2.15. The van der Waals surface area contributed by atoms with Crippen molar-refractivity contribution in [3.05, 3.63) is 0 Å². The molecule has 6 nitrogen and oxygen atoms in total. The molecule has 110 valence electrons. The van der Waals surface area contributed by atoms with Crippen molar-refractivity contribution in [2.45, 2.75) is 32.6 Å². The molecule has 19 heavy (non-hydrogen) atoms. The minimum absolute atomic E-state index is 0.0795. The summed E-state index contributed by atoms with van der Waals surface area (Å²) in [5, 5.41) is 8.13. The van der Waals surface area contributed by atoms with Crippen molar-refractivity contribution in [1.82, 2.24) is 20.9 Å². The molecular weight excluding hydrogens is 244 g/mol. The van der Waals surface area contributed by atoms with Crippen LogP contribution >= 0.6 is 0 Å². The summed E-state index contributed by atoms with van der Waals surface area (Å²) in [6.07, 6.45) is 4.80. The summed E-state index contributed by atoms with van der Waals surface area (Å²) >= 11 is 0. The highest BCUT2D eigenvalue weighted by Crippen LogP contribution is 2.07. The highest BCUT2D eigenvalue weighted by atomic mass is 16.2. The topological polar surface area (TPSA) is 73.5 Å². The number of rotatable bonds is 8. The Morgan fingerprint density at radius 1 is 0.947 bits per heavy atom. The van der Waals surface area contributed by atoms with Crippen LogP contribution in [0, 0.1) is 0 Å². The van der Waals surface area contributed by atoms with Gasteiger partial charge in [-0.2, -0.15) is 0 Å². The molecular formula is C13H26N4O2. The van der Waals surface area contributed by atoms with Gasteiger partial charge in [0.25, 0.3) is 0 Å². The number of hydrogen-bond donors (Lipinski definition) is 3. The largest absolute Gasteiger partial charge is 0.355 e. The normalized spacial score (nSPS) is 15.2. The summed E-state index contributed by atoms with van der Waals surface area (Å²) in [4.78, 5) is 24.4. The molecule has 0 atom stereocenters. The van der Waals surface area contributed by atoms with Crippen LogP contribution in [0.3, 0.4) is 0 Å². The Kier molecular flexibility index (Phi) is 7.97. The second-order valence-corrected chi connectivity index (χ2v) is 4.92. The molecule has 0 aromatic carbocycles. The van der Waals surface area contributed by atoms with Gasteiger partial charge in [0, 0.05) is 26.6 Å². The van der Waals surface area contributed by atoms with Crippen LogP contribution < -0.4 is 16.0 Å². The molecule has 1 heterocycles. The fraction of sp³-hybridized carbons (Fsp3) is 0.846. The average Bonchev–Trinajstić information content (AvgIpc) is 2.87. The lowest BCUT2D eigenvalue weighted by Crippen LogP contribution is -2.40. The molecule has 1 aliphatic rings. The predicted molar refractivity (Wildman–Crippen MR) is 75.0 cm³/mol. The molecule has 3 N–H and O–H groups in total. The number of likely N-dealkylation sites (tertiary alicyclic amines) is 1. The van der Waals surface area contributed by atoms with Gasteiger partial charge in [0.05, 0.1) is 0 Å². The van der Waals surface area contributed by atoms with E-state index in [1.165, 1.54) is 32.9 Å². The van der Waals surface area contributed by atoms with Crippen LogP contribution in [-0.4, -0.2) is 56.1 Å². The maximum absolute atomic E-state index is 11.4. The molecule has 0 bridgehead atoms. The monoisotopic (exact) mass is 270 g/mol. The standard InChI is InChI=1S/C13H26N4O2/c1-12(18)14-7-8-16-13(19)15-6-2-3-9-17-10-4-5-11-17/h2-11H2,1H3,(H,14,18)(H2,15,16,19). The molecule has 3 amide bonds. The van der Waals surface area contributed by atoms with Crippen LogP contribution in [-0.2, 0) is 4.79 Å². The van der Waals surface area contributed by atoms with Crippen molar-refractivity contribution in [2.75, 3.05) is 39.3 Å². The third-order valence-electron chi connectivity index (χ3n) is 3.17. The third-order valence-corrected chi connectivity index (χ3v) is 3.17. The number of nitrogens with one attached hydrogen (secondary N) is 3. The summed E-state index contributed by atoms with van der Waals surface area (Å²) in [6, 6.07) is -0.161. The summed E-state index contributed by atoms with van der Waals surface area (Å²) in [5.74, 6) is -0.0795. The van der Waals surface area contributed by atoms with Crippen LogP contribution in [0.15, 0.2) is 0 Å². The molecule has 0 unspecified atom stereocenters. The lowest BCUT2D eigenvalue weighted by atomic mass is 10.3. The van der Waals surface area contributed by atoms with Crippen LogP contribution in [0.25, 0.3) is 0 Å². The van der Waals surface area contributed by atoms with Crippen molar-refractivity contribution < 1.29 is 9.59 Å². The van der Waals surface area contributed by atoms with Gasteiger partial charge in [0.15, 0.2) is 0 Å². The number of carbonyl (C=O) groups excluding carboxylic acids is 2. The molecule has 1 aliphatic heterocycles. The van der Waals surface area contributed by atoms with Gasteiger partial charge in [0.1, 0.15) is 0 Å². The van der Waals surface area contributed by atoms with E-state index >= 15 is 0 Å². The molecule has 1 rings (SSSR count). The van der Waals surface area contributed by atoms with Gasteiger partial charge in [-0.25, -0.2) is 4.79 Å². The minimum Gasteiger partial charge on any atom is -0.355 e. The van der Waals surface area contributed by atoms with Crippen molar-refractivity contribution in [3.63, 3.8) is 0 Å². The van der Waals surface area contributed by atoms with Gasteiger partial charge in [-0.1, -0.05) is 0 Å². The first-order valence-corrected chi connectivity index (χ1v) is 7.17. The Morgan fingerprint density at radius 3 is 2.26 bits per heavy atom. The molecule has 1 fully saturated rings. The van der Waals surface area contributed by atoms with E-state index in [1.54, 1.807) is 0 Å². The minimum atomic E-state index is -0.161. The van der Waals surface area contributed by atoms with Crippen molar-refractivity contribution in [2.24, 2.45) is 0 Å². The molecule has 0 spiro atoms. The van der Waals surface area contributed by atoms with Gasteiger partial charge in [-0.15, -0.1) is 0 Å². The van der Waals surface area contributed by atoms with E-state index in [1.807, 2.05) is 0 Å². The fourth-order valence-electron chi connectivity index (χ4n) is 2.15. The van der Waals surface area contributed by atoms with Crippen molar-refractivity contribution >= 4 is 11.9 Å². The van der Waals surface area contributed by atoms with Crippen LogP contribution in [0.2, 0.25) is 0 Å². The summed E-state index contributed by atoms with van der Waals surface area (Å²) in [5.41, 5.74) is 0. The molecule has 0 aliphatic carbocycles. The van der Waals surface area contributed by atoms with Crippen LogP contribution in [0.4, 0.5) is 4.79 Å². The Balaban J connectivity index is 1.85. The van der Waals surface area contributed by atoms with Crippen molar-refractivity contribution in [1.29, 1.82) is 0 Å². The highest BCUT2D eigenvalue weighted by Gasteiger charge is 2.10. The Hall–Kier alpha value is -1.30. The second kappa shape index (κ2) is 9.61. The maximum atomic E-state index is 11.4. The zero-order valence-electron chi connectivity index (χ0n) is 11.8. The molecule has 0 saturated carbocycles. The van der Waals surface area contributed by atoms with Crippen LogP contribution in [0.1, 0.15) is 32.6 Å². The zero-order valence-corrected chi connectivity index (χ0v) is 11.8. The summed E-state index contributed by atoms with van der Waals surface area (Å²) in [6.45, 7) is 6.71. The first-order chi connectivity index (χ1) is 9.18. The van der Waals surface area contributed by atoms with Gasteiger partial charge in [-0.3, -0.25) is 4.79 Å². The Labute approximate surface area is 115 Å². The first kappa shape index (κ1) is 15.8. The van der Waals surface area contributed by atoms with Gasteiger partial charge in [-0.05, 0) is 45.3 Å². The third kappa shape index (κ3) is 8.42. The SMILES string of the molecule is CC(=O)NCCNC(=O)NCCCCN1CCCC1. The number of urea groups is 1. The Morgan fingerprint density at radius 2 is 1.58 bits per heavy atom. The van der Waals surface area contributed by atoms with Crippen molar-refractivity contribution in [3.8, 4) is 0 Å². The number of unbranched alkanes of at least 4 members (excludes halogenated alkanes) is 1. The highest BCUT2D eigenvalue weighted by molar-refractivity contribution is 5.74. The lowest BCUT2D eigenvalue weighted by molar-refractivity contribution is -0.118. The quantitative estimate of drug-likeness (QED) is 0.555. The smallest absolute Gasteiger partial charge is 0.314 e. The zero-order chi connectivity index (χ0) is 13.9. The van der Waals surface area contributed by atoms with E-state index in [2.05, 4.69) is 20.9 Å². The molecule has 0 radical (unpaired) electrons. The number of carbonyl (C=O) groups is 2. The van der Waals surface area contributed by atoms with E-state index < -0.39 is 0 Å². The number of nitrogens with zero attached hydrogens (tertiary/aromatic N) is 1. The van der Waals surface area contributed by atoms with Crippen LogP contribution in [0.5, 0.6) is 0 Å². The lowest BCUT2D eigenvalue weighted by Gasteiger charge is -2.14. The number of amides is 3. The summed E-state index contributed by atoms with van der Waals surface area (Å²) in [7, 11) is 0. The van der Waals surface area contributed by atoms with E-state index in [9.17, 15) is 9.59 Å². The number of hydrogen-bond acceptors (Lipinski definition) is 3.